The Morgan fingerprint density at radius 2 is 0.839 bits per heavy atom. The molecule has 0 aromatic heterocycles. The maximum Gasteiger partial charge on any atom is 0.472 e. The first-order valence-electron chi connectivity index (χ1n) is 26.2. The van der Waals surface area contributed by atoms with E-state index in [1.54, 1.807) is 0 Å². The summed E-state index contributed by atoms with van der Waals surface area (Å²) < 4.78 is 33.5. The summed E-state index contributed by atoms with van der Waals surface area (Å²) in [4.78, 5) is 33.7. The topological polar surface area (TPSA) is 155 Å². The fourth-order valence-corrected chi connectivity index (χ4v) is 8.50. The van der Waals surface area contributed by atoms with Crippen molar-refractivity contribution in [2.45, 2.75) is 276 Å². The fourth-order valence-electron chi connectivity index (χ4n) is 7.72. The lowest BCUT2D eigenvalue weighted by atomic mass is 10.0. The number of ether oxygens (including phenoxy) is 2. The molecule has 0 aliphatic carbocycles. The van der Waals surface area contributed by atoms with E-state index < -0.39 is 45.1 Å². The molecule has 0 heterocycles. The van der Waals surface area contributed by atoms with E-state index in [-0.39, 0.29) is 13.0 Å². The van der Waals surface area contributed by atoms with Crippen LogP contribution in [0, 0.1) is 0 Å². The number of carboxylic acids is 1. The van der Waals surface area contributed by atoms with Gasteiger partial charge in [-0.05, 0) is 38.5 Å². The highest BCUT2D eigenvalue weighted by Gasteiger charge is 2.27. The van der Waals surface area contributed by atoms with E-state index in [1.165, 1.54) is 199 Å². The number of carbonyl (C=O) groups is 2. The molecule has 0 bridgehead atoms. The van der Waals surface area contributed by atoms with Crippen molar-refractivity contribution in [3.63, 3.8) is 0 Å². The van der Waals surface area contributed by atoms with Crippen LogP contribution in [0.5, 0.6) is 0 Å². The average Bonchev–Trinajstić information content (AvgIpc) is 3.25. The van der Waals surface area contributed by atoms with Crippen LogP contribution in [0.4, 0.5) is 0 Å². The molecule has 0 saturated heterocycles. The lowest BCUT2D eigenvalue weighted by Gasteiger charge is -2.20. The molecule has 368 valence electrons. The van der Waals surface area contributed by atoms with Gasteiger partial charge >= 0.3 is 19.8 Å². The number of rotatable bonds is 51. The Bertz CT molecular complexity index is 1040. The van der Waals surface area contributed by atoms with Crippen LogP contribution in [0.3, 0.4) is 0 Å². The van der Waals surface area contributed by atoms with Gasteiger partial charge in [-0.1, -0.05) is 231 Å². The third-order valence-electron chi connectivity index (χ3n) is 11.8. The van der Waals surface area contributed by atoms with Gasteiger partial charge in [-0.2, -0.15) is 0 Å². The maximum atomic E-state index is 12.7. The Morgan fingerprint density at radius 1 is 0.500 bits per heavy atom. The SMILES string of the molecule is CCCCCCCCC/C=C\CCCCCCCCOCC(COP(=O)(O)OCC(N)C(=O)O)OC(=O)CCCCCCCCCCCCCCCCCCCCCCCCC. The van der Waals surface area contributed by atoms with Gasteiger partial charge in [0.1, 0.15) is 12.1 Å². The molecule has 0 fully saturated rings. The molecule has 0 radical (unpaired) electrons. The Hall–Kier alpha value is -1.29. The summed E-state index contributed by atoms with van der Waals surface area (Å²) in [5, 5.41) is 8.93. The minimum atomic E-state index is -4.62. The molecule has 0 aromatic carbocycles. The summed E-state index contributed by atoms with van der Waals surface area (Å²) in [7, 11) is -4.62. The normalized spacial score (nSPS) is 13.7. The molecule has 0 amide bonds. The molecule has 3 unspecified atom stereocenters. The predicted octanol–water partition coefficient (Wildman–Crippen LogP) is 15.3. The van der Waals surface area contributed by atoms with E-state index >= 15 is 0 Å². The van der Waals surface area contributed by atoms with E-state index in [4.69, 9.17) is 29.4 Å². The van der Waals surface area contributed by atoms with Gasteiger partial charge < -0.3 is 25.2 Å². The van der Waals surface area contributed by atoms with Crippen LogP contribution in [-0.4, -0.2) is 60.5 Å². The zero-order valence-electron chi connectivity index (χ0n) is 40.5. The van der Waals surface area contributed by atoms with E-state index in [2.05, 4.69) is 26.0 Å². The lowest BCUT2D eigenvalue weighted by molar-refractivity contribution is -0.154. The summed E-state index contributed by atoms with van der Waals surface area (Å²) in [6, 6.07) is -1.47. The highest BCUT2D eigenvalue weighted by Crippen LogP contribution is 2.43. The minimum absolute atomic E-state index is 0.0188. The number of carboxylic acid groups (broad SMARTS) is 1. The number of unbranched alkanes of at least 4 members (excludes halogenated alkanes) is 35. The lowest BCUT2D eigenvalue weighted by Crippen LogP contribution is -2.34. The van der Waals surface area contributed by atoms with Crippen LogP contribution >= 0.6 is 7.82 Å². The molecule has 0 aromatic rings. The number of phosphoric ester groups is 1. The summed E-state index contributed by atoms with van der Waals surface area (Å²) in [5.74, 6) is -1.77. The molecule has 3 atom stereocenters. The van der Waals surface area contributed by atoms with Crippen molar-refractivity contribution in [3.05, 3.63) is 12.2 Å². The van der Waals surface area contributed by atoms with Crippen molar-refractivity contribution in [2.24, 2.45) is 5.73 Å². The quantitative estimate of drug-likeness (QED) is 0.0233. The Morgan fingerprint density at radius 3 is 1.23 bits per heavy atom. The van der Waals surface area contributed by atoms with Crippen molar-refractivity contribution in [1.82, 2.24) is 0 Å². The minimum Gasteiger partial charge on any atom is -0.480 e. The third-order valence-corrected chi connectivity index (χ3v) is 12.7. The van der Waals surface area contributed by atoms with Crippen molar-refractivity contribution in [3.8, 4) is 0 Å². The number of hydrogen-bond donors (Lipinski definition) is 3. The number of esters is 1. The van der Waals surface area contributed by atoms with Gasteiger partial charge in [-0.25, -0.2) is 4.57 Å². The molecule has 0 spiro atoms. The van der Waals surface area contributed by atoms with Crippen molar-refractivity contribution >= 4 is 19.8 Å². The van der Waals surface area contributed by atoms with Crippen LogP contribution in [0.2, 0.25) is 0 Å². The average molecular weight is 902 g/mol. The second-order valence-corrected chi connectivity index (χ2v) is 19.5. The second kappa shape index (κ2) is 47.7. The van der Waals surface area contributed by atoms with Crippen LogP contribution in [0.15, 0.2) is 12.2 Å². The third kappa shape index (κ3) is 46.7. The van der Waals surface area contributed by atoms with E-state index in [0.29, 0.717) is 6.61 Å². The van der Waals surface area contributed by atoms with Gasteiger partial charge in [0.15, 0.2) is 0 Å². The molecule has 0 aliphatic heterocycles. The Balaban J connectivity index is 4.07. The second-order valence-electron chi connectivity index (χ2n) is 18.0. The highest BCUT2D eigenvalue weighted by molar-refractivity contribution is 7.47. The van der Waals surface area contributed by atoms with E-state index in [9.17, 15) is 19.0 Å². The van der Waals surface area contributed by atoms with Crippen LogP contribution in [0.25, 0.3) is 0 Å². The van der Waals surface area contributed by atoms with Gasteiger partial charge in [0.25, 0.3) is 0 Å². The number of allylic oxidation sites excluding steroid dienone is 2. The first-order valence-corrected chi connectivity index (χ1v) is 27.7. The van der Waals surface area contributed by atoms with Gasteiger partial charge in [0.2, 0.25) is 0 Å². The first-order chi connectivity index (χ1) is 30.2. The Labute approximate surface area is 382 Å². The molecular weight excluding hydrogens is 802 g/mol. The van der Waals surface area contributed by atoms with E-state index in [0.717, 1.165) is 44.9 Å². The zero-order valence-corrected chi connectivity index (χ0v) is 41.4. The number of hydrogen-bond acceptors (Lipinski definition) is 8. The number of carbonyl (C=O) groups excluding carboxylic acids is 1. The number of phosphoric acid groups is 1. The molecule has 0 saturated carbocycles. The summed E-state index contributed by atoms with van der Waals surface area (Å²) in [6.07, 6.45) is 52.7. The maximum absolute atomic E-state index is 12.7. The highest BCUT2D eigenvalue weighted by atomic mass is 31.2. The number of aliphatic carboxylic acids is 1. The van der Waals surface area contributed by atoms with Gasteiger partial charge in [-0.3, -0.25) is 18.6 Å². The van der Waals surface area contributed by atoms with Crippen LogP contribution in [-0.2, 0) is 32.7 Å². The first kappa shape index (κ1) is 60.7. The summed E-state index contributed by atoms with van der Waals surface area (Å²) in [6.45, 7) is 3.93. The molecule has 0 aliphatic rings. The van der Waals surface area contributed by atoms with E-state index in [1.807, 2.05) is 0 Å². The summed E-state index contributed by atoms with van der Waals surface area (Å²) >= 11 is 0. The molecule has 11 heteroatoms. The molecule has 62 heavy (non-hydrogen) atoms. The Kier molecular flexibility index (Phi) is 46.7. The predicted molar refractivity (Wildman–Crippen MR) is 259 cm³/mol. The largest absolute Gasteiger partial charge is 0.480 e. The molecule has 10 nitrogen and oxygen atoms in total. The molecule has 4 N–H and O–H groups in total. The van der Waals surface area contributed by atoms with Crippen molar-refractivity contribution in [1.29, 1.82) is 0 Å². The van der Waals surface area contributed by atoms with Gasteiger partial charge in [-0.15, -0.1) is 0 Å². The van der Waals surface area contributed by atoms with Gasteiger partial charge in [0, 0.05) is 13.0 Å². The monoisotopic (exact) mass is 902 g/mol. The molecular formula is C51H100NO9P. The fraction of sp³-hybridized carbons (Fsp3) is 0.922. The van der Waals surface area contributed by atoms with Crippen LogP contribution < -0.4 is 5.73 Å². The summed E-state index contributed by atoms with van der Waals surface area (Å²) in [5.41, 5.74) is 5.38. The smallest absolute Gasteiger partial charge is 0.472 e. The number of nitrogens with two attached hydrogens (primary N) is 1. The standard InChI is InChI=1S/C51H100NO9P/c1-3-5-7-9-11-13-15-17-19-21-22-23-24-25-26-27-29-31-33-35-37-39-41-43-50(53)61-48(46-59-62(56,57)60-47-49(52)51(54)55)45-58-44-42-40-38-36-34-32-30-28-20-18-16-14-12-10-8-6-4-2/h20,28,48-49H,3-19,21-27,29-47,52H2,1-2H3,(H,54,55)(H,56,57)/b28-20-. The van der Waals surface area contributed by atoms with Crippen molar-refractivity contribution < 1.29 is 42.7 Å². The van der Waals surface area contributed by atoms with Crippen LogP contribution in [0.1, 0.15) is 264 Å². The zero-order chi connectivity index (χ0) is 45.5. The molecule has 0 rings (SSSR count). The van der Waals surface area contributed by atoms with Gasteiger partial charge in [0.05, 0.1) is 19.8 Å². The van der Waals surface area contributed by atoms with Crippen molar-refractivity contribution in [2.75, 3.05) is 26.4 Å².